The van der Waals surface area contributed by atoms with Gasteiger partial charge in [-0.25, -0.2) is 0 Å². The Morgan fingerprint density at radius 3 is 2.70 bits per heavy atom. The first-order chi connectivity index (χ1) is 14.7. The molecular weight excluding hydrogens is 400 g/mol. The molecule has 2 aromatic heterocycles. The molecule has 1 unspecified atom stereocenters. The molecule has 1 aliphatic heterocycles. The molecule has 30 heavy (non-hydrogen) atoms. The van der Waals surface area contributed by atoms with Gasteiger partial charge < -0.3 is 19.7 Å². The monoisotopic (exact) mass is 424 g/mol. The Labute approximate surface area is 179 Å². The quantitative estimate of drug-likeness (QED) is 0.643. The van der Waals surface area contributed by atoms with Gasteiger partial charge in [0.15, 0.2) is 17.3 Å². The number of aromatic nitrogens is 2. The molecular formula is C22H24N4O3S. The SMILES string of the molecule is COc1ccc(NC(=O)C2CCCN(c3ccc(-c4cccs4)nn3)C2)cc1OC. The molecule has 1 saturated heterocycles. The number of piperidine rings is 1. The molecule has 156 valence electrons. The van der Waals surface area contributed by atoms with Gasteiger partial charge in [-0.3, -0.25) is 4.79 Å². The van der Waals surface area contributed by atoms with Crippen molar-refractivity contribution in [3.63, 3.8) is 0 Å². The van der Waals surface area contributed by atoms with E-state index in [-0.39, 0.29) is 11.8 Å². The van der Waals surface area contributed by atoms with Crippen LogP contribution in [0, 0.1) is 5.92 Å². The Morgan fingerprint density at radius 1 is 1.13 bits per heavy atom. The Kier molecular flexibility index (Phi) is 6.13. The first kappa shape index (κ1) is 20.2. The zero-order chi connectivity index (χ0) is 20.9. The van der Waals surface area contributed by atoms with Crippen LogP contribution in [0.3, 0.4) is 0 Å². The van der Waals surface area contributed by atoms with E-state index in [9.17, 15) is 4.79 Å². The van der Waals surface area contributed by atoms with Crippen molar-refractivity contribution in [2.75, 3.05) is 37.5 Å². The first-order valence-corrected chi connectivity index (χ1v) is 10.7. The lowest BCUT2D eigenvalue weighted by atomic mass is 9.97. The lowest BCUT2D eigenvalue weighted by molar-refractivity contribution is -0.120. The van der Waals surface area contributed by atoms with Crippen molar-refractivity contribution in [1.29, 1.82) is 0 Å². The number of amides is 1. The van der Waals surface area contributed by atoms with Gasteiger partial charge in [-0.05, 0) is 48.6 Å². The highest BCUT2D eigenvalue weighted by Gasteiger charge is 2.27. The molecule has 7 nitrogen and oxygen atoms in total. The van der Waals surface area contributed by atoms with Crippen LogP contribution in [0.2, 0.25) is 0 Å². The zero-order valence-corrected chi connectivity index (χ0v) is 17.8. The van der Waals surface area contributed by atoms with Crippen molar-refractivity contribution in [3.8, 4) is 22.1 Å². The lowest BCUT2D eigenvalue weighted by Gasteiger charge is -2.32. The van der Waals surface area contributed by atoms with E-state index in [2.05, 4.69) is 20.4 Å². The summed E-state index contributed by atoms with van der Waals surface area (Å²) in [5, 5.41) is 13.8. The van der Waals surface area contributed by atoms with Crippen molar-refractivity contribution in [2.45, 2.75) is 12.8 Å². The van der Waals surface area contributed by atoms with E-state index in [1.807, 2.05) is 35.7 Å². The fourth-order valence-corrected chi connectivity index (χ4v) is 4.30. The van der Waals surface area contributed by atoms with Gasteiger partial charge in [0.1, 0.15) is 5.69 Å². The predicted octanol–water partition coefficient (Wildman–Crippen LogP) is 4.08. The molecule has 3 aromatic rings. The van der Waals surface area contributed by atoms with Crippen LogP contribution in [-0.2, 0) is 4.79 Å². The van der Waals surface area contributed by atoms with E-state index in [0.717, 1.165) is 35.8 Å². The number of hydrogen-bond acceptors (Lipinski definition) is 7. The van der Waals surface area contributed by atoms with Crippen molar-refractivity contribution < 1.29 is 14.3 Å². The molecule has 1 atom stereocenters. The minimum Gasteiger partial charge on any atom is -0.493 e. The average molecular weight is 425 g/mol. The second kappa shape index (κ2) is 9.13. The van der Waals surface area contributed by atoms with E-state index < -0.39 is 0 Å². The minimum absolute atomic E-state index is 0.00455. The van der Waals surface area contributed by atoms with Crippen LogP contribution >= 0.6 is 11.3 Å². The van der Waals surface area contributed by atoms with Crippen molar-refractivity contribution in [3.05, 3.63) is 47.8 Å². The average Bonchev–Trinajstić information content (AvgIpc) is 3.34. The molecule has 1 fully saturated rings. The highest BCUT2D eigenvalue weighted by Crippen LogP contribution is 2.31. The van der Waals surface area contributed by atoms with Crippen LogP contribution in [0.1, 0.15) is 12.8 Å². The van der Waals surface area contributed by atoms with Crippen molar-refractivity contribution in [1.82, 2.24) is 10.2 Å². The van der Waals surface area contributed by atoms with Gasteiger partial charge in [0.2, 0.25) is 5.91 Å². The summed E-state index contributed by atoms with van der Waals surface area (Å²) in [4.78, 5) is 16.1. The number of nitrogens with zero attached hydrogens (tertiary/aromatic N) is 3. The van der Waals surface area contributed by atoms with Gasteiger partial charge in [0, 0.05) is 24.8 Å². The van der Waals surface area contributed by atoms with Gasteiger partial charge in [-0.15, -0.1) is 21.5 Å². The van der Waals surface area contributed by atoms with Crippen LogP contribution in [-0.4, -0.2) is 43.4 Å². The molecule has 3 heterocycles. The molecule has 0 aliphatic carbocycles. The molecule has 1 amide bonds. The Bertz CT molecular complexity index is 992. The molecule has 0 saturated carbocycles. The van der Waals surface area contributed by atoms with E-state index in [0.29, 0.717) is 23.7 Å². The summed E-state index contributed by atoms with van der Waals surface area (Å²) in [7, 11) is 3.16. The summed E-state index contributed by atoms with van der Waals surface area (Å²) in [6.07, 6.45) is 1.77. The molecule has 1 N–H and O–H groups in total. The topological polar surface area (TPSA) is 76.6 Å². The van der Waals surface area contributed by atoms with Gasteiger partial charge in [-0.1, -0.05) is 6.07 Å². The fourth-order valence-electron chi connectivity index (χ4n) is 3.61. The van der Waals surface area contributed by atoms with E-state index in [4.69, 9.17) is 9.47 Å². The molecule has 0 bridgehead atoms. The summed E-state index contributed by atoms with van der Waals surface area (Å²) in [5.74, 6) is 1.89. The van der Waals surface area contributed by atoms with E-state index in [1.165, 1.54) is 0 Å². The number of carbonyl (C=O) groups excluding carboxylic acids is 1. The molecule has 8 heteroatoms. The number of nitrogens with one attached hydrogen (secondary N) is 1. The zero-order valence-electron chi connectivity index (χ0n) is 17.0. The van der Waals surface area contributed by atoms with Gasteiger partial charge in [-0.2, -0.15) is 0 Å². The van der Waals surface area contributed by atoms with Crippen molar-refractivity contribution >= 4 is 28.7 Å². The summed E-state index contributed by atoms with van der Waals surface area (Å²) >= 11 is 1.64. The highest BCUT2D eigenvalue weighted by molar-refractivity contribution is 7.13. The van der Waals surface area contributed by atoms with E-state index >= 15 is 0 Å². The Morgan fingerprint density at radius 2 is 2.00 bits per heavy atom. The van der Waals surface area contributed by atoms with Crippen LogP contribution < -0.4 is 19.7 Å². The maximum absolute atomic E-state index is 12.9. The summed E-state index contributed by atoms with van der Waals surface area (Å²) in [6.45, 7) is 1.49. The number of carbonyl (C=O) groups is 1. The lowest BCUT2D eigenvalue weighted by Crippen LogP contribution is -2.41. The highest BCUT2D eigenvalue weighted by atomic mass is 32.1. The molecule has 1 aromatic carbocycles. The maximum atomic E-state index is 12.9. The van der Waals surface area contributed by atoms with Crippen molar-refractivity contribution in [2.24, 2.45) is 5.92 Å². The first-order valence-electron chi connectivity index (χ1n) is 9.83. The normalized spacial score (nSPS) is 16.2. The van der Waals surface area contributed by atoms with Gasteiger partial charge in [0.05, 0.1) is 25.0 Å². The third kappa shape index (κ3) is 4.38. The van der Waals surface area contributed by atoms with Crippen LogP contribution in [0.5, 0.6) is 11.5 Å². The van der Waals surface area contributed by atoms with Gasteiger partial charge >= 0.3 is 0 Å². The Balaban J connectivity index is 1.41. The maximum Gasteiger partial charge on any atom is 0.229 e. The summed E-state index contributed by atoms with van der Waals surface area (Å²) in [6, 6.07) is 13.4. The number of ether oxygens (including phenoxy) is 2. The van der Waals surface area contributed by atoms with Crippen LogP contribution in [0.15, 0.2) is 47.8 Å². The number of anilines is 2. The number of hydrogen-bond donors (Lipinski definition) is 1. The molecule has 0 spiro atoms. The van der Waals surface area contributed by atoms with E-state index in [1.54, 1.807) is 37.7 Å². The second-order valence-corrected chi connectivity index (χ2v) is 8.05. The largest absolute Gasteiger partial charge is 0.493 e. The smallest absolute Gasteiger partial charge is 0.229 e. The van der Waals surface area contributed by atoms with Gasteiger partial charge in [0.25, 0.3) is 0 Å². The number of methoxy groups -OCH3 is 2. The van der Waals surface area contributed by atoms with Crippen LogP contribution in [0.4, 0.5) is 11.5 Å². The fraction of sp³-hybridized carbons (Fsp3) is 0.318. The number of rotatable bonds is 6. The second-order valence-electron chi connectivity index (χ2n) is 7.10. The Hall–Kier alpha value is -3.13. The molecule has 1 aliphatic rings. The third-order valence-electron chi connectivity index (χ3n) is 5.19. The van der Waals surface area contributed by atoms with Crippen LogP contribution in [0.25, 0.3) is 10.6 Å². The standard InChI is InChI=1S/C22H24N4O3S/c1-28-18-9-7-16(13-19(18)29-2)23-22(27)15-5-3-11-26(14-15)21-10-8-17(24-25-21)20-6-4-12-30-20/h4,6-10,12-13,15H,3,5,11,14H2,1-2H3,(H,23,27). The summed E-state index contributed by atoms with van der Waals surface area (Å²) in [5.41, 5.74) is 1.56. The molecule has 4 rings (SSSR count). The number of benzene rings is 1. The molecule has 0 radical (unpaired) electrons. The third-order valence-corrected chi connectivity index (χ3v) is 6.08. The summed E-state index contributed by atoms with van der Waals surface area (Å²) < 4.78 is 10.6. The minimum atomic E-state index is -0.120. The number of thiophene rings is 1. The predicted molar refractivity (Wildman–Crippen MR) is 118 cm³/mol.